The van der Waals surface area contributed by atoms with Gasteiger partial charge >= 0.3 is 12.2 Å². The average molecular weight is 600 g/mol. The van der Waals surface area contributed by atoms with Gasteiger partial charge in [-0.25, -0.2) is 18.7 Å². The lowest BCUT2D eigenvalue weighted by Crippen LogP contribution is -2.16. The third kappa shape index (κ3) is 5.62. The molecule has 0 saturated heterocycles. The predicted molar refractivity (Wildman–Crippen MR) is 171 cm³/mol. The van der Waals surface area contributed by atoms with Crippen LogP contribution in [0, 0.1) is 0 Å². The summed E-state index contributed by atoms with van der Waals surface area (Å²) < 4.78 is 25.5. The summed E-state index contributed by atoms with van der Waals surface area (Å²) in [4.78, 5) is 30.5. The fourth-order valence-electron chi connectivity index (χ4n) is 5.66. The van der Waals surface area contributed by atoms with Crippen LogP contribution < -0.4 is 0 Å². The van der Waals surface area contributed by atoms with Crippen molar-refractivity contribution in [3.05, 3.63) is 127 Å². The van der Waals surface area contributed by atoms with Crippen molar-refractivity contribution >= 4 is 55.8 Å². The smallest absolute Gasteiger partial charge is 0.421 e. The molecular formula is C36H29N3O6. The second-order valence-electron chi connectivity index (χ2n) is 10.4. The molecule has 0 radical (unpaired) electrons. The maximum atomic E-state index is 13.0. The third-order valence-electron chi connectivity index (χ3n) is 7.61. The summed E-state index contributed by atoms with van der Waals surface area (Å²) in [5.41, 5.74) is 4.52. The first kappa shape index (κ1) is 28.3. The van der Waals surface area contributed by atoms with E-state index < -0.39 is 12.2 Å². The van der Waals surface area contributed by atoms with E-state index in [9.17, 15) is 9.59 Å². The Morgan fingerprint density at radius 1 is 0.489 bits per heavy atom. The highest BCUT2D eigenvalue weighted by atomic mass is 16.7. The first-order valence-electron chi connectivity index (χ1n) is 14.6. The molecule has 0 aliphatic rings. The minimum Gasteiger partial charge on any atom is -0.446 e. The average Bonchev–Trinajstić information content (AvgIpc) is 3.60. The number of ether oxygens (including phenoxy) is 4. The van der Waals surface area contributed by atoms with E-state index in [0.29, 0.717) is 11.4 Å². The second-order valence-corrected chi connectivity index (χ2v) is 10.4. The molecule has 0 aliphatic carbocycles. The van der Waals surface area contributed by atoms with E-state index in [1.54, 1.807) is 9.13 Å². The number of hydrogen-bond acceptors (Lipinski definition) is 7. The third-order valence-corrected chi connectivity index (χ3v) is 7.61. The predicted octanol–water partition coefficient (Wildman–Crippen LogP) is 7.66. The van der Waals surface area contributed by atoms with Crippen molar-refractivity contribution in [3.63, 3.8) is 0 Å². The Morgan fingerprint density at radius 2 is 0.911 bits per heavy atom. The van der Waals surface area contributed by atoms with Crippen LogP contribution in [-0.4, -0.2) is 46.3 Å². The Labute approximate surface area is 258 Å². The minimum atomic E-state index is -0.513. The zero-order valence-corrected chi connectivity index (χ0v) is 24.3. The van der Waals surface area contributed by atoms with Crippen molar-refractivity contribution in [3.8, 4) is 0 Å². The van der Waals surface area contributed by atoms with Gasteiger partial charge in [-0.1, -0.05) is 78.9 Å². The Bertz CT molecular complexity index is 2060. The Balaban J connectivity index is 0.887. The molecule has 0 bridgehead atoms. The van der Waals surface area contributed by atoms with Crippen molar-refractivity contribution in [2.24, 2.45) is 0 Å². The van der Waals surface area contributed by atoms with Crippen molar-refractivity contribution in [2.75, 3.05) is 20.0 Å². The van der Waals surface area contributed by atoms with Crippen LogP contribution in [0.25, 0.3) is 43.6 Å². The summed E-state index contributed by atoms with van der Waals surface area (Å²) in [6, 6.07) is 36.5. The van der Waals surface area contributed by atoms with Crippen molar-refractivity contribution in [1.82, 2.24) is 14.1 Å². The number of benzene rings is 4. The number of aromatic nitrogens is 3. The van der Waals surface area contributed by atoms with E-state index in [4.69, 9.17) is 18.9 Å². The first-order chi connectivity index (χ1) is 22.2. The molecule has 7 rings (SSSR count). The van der Waals surface area contributed by atoms with Crippen LogP contribution in [0.15, 0.2) is 115 Å². The molecule has 224 valence electrons. The van der Waals surface area contributed by atoms with E-state index in [1.165, 1.54) is 0 Å². The number of carbonyl (C=O) groups excluding carboxylic acids is 2. The van der Waals surface area contributed by atoms with Crippen LogP contribution in [0.5, 0.6) is 0 Å². The lowest BCUT2D eigenvalue weighted by atomic mass is 10.2. The number of fused-ring (bicyclic) bond motifs is 6. The van der Waals surface area contributed by atoms with Gasteiger partial charge in [-0.05, 0) is 36.4 Å². The van der Waals surface area contributed by atoms with Crippen molar-refractivity contribution in [2.45, 2.75) is 13.2 Å². The fraction of sp³-hybridized carbons (Fsp3) is 0.139. The van der Waals surface area contributed by atoms with Crippen LogP contribution in [-0.2, 0) is 32.2 Å². The van der Waals surface area contributed by atoms with Gasteiger partial charge in [0.2, 0.25) is 0 Å². The molecule has 0 saturated carbocycles. The Kier molecular flexibility index (Phi) is 7.92. The molecule has 0 spiro atoms. The van der Waals surface area contributed by atoms with Gasteiger partial charge in [-0.15, -0.1) is 0 Å². The number of nitrogens with zero attached hydrogens (tertiary/aromatic N) is 3. The van der Waals surface area contributed by atoms with Gasteiger partial charge in [0, 0.05) is 21.5 Å². The van der Waals surface area contributed by atoms with E-state index in [-0.39, 0.29) is 33.2 Å². The van der Waals surface area contributed by atoms with Gasteiger partial charge < -0.3 is 18.9 Å². The standard InChI is InChI=1S/C36H29N3O6/c40-35(38-31-16-5-1-12-27(31)28-13-2-6-17-32(28)38)44-21-20-42-22-25-10-9-11-26(37-25)23-43-24-45-36(41)39-33-18-7-3-14-29(33)30-15-4-8-19-34(30)39/h1-19H,20-24H2. The van der Waals surface area contributed by atoms with E-state index in [0.717, 1.165) is 43.6 Å². The molecule has 3 heterocycles. The van der Waals surface area contributed by atoms with E-state index >= 15 is 0 Å². The minimum absolute atomic E-state index is 0.0970. The largest absolute Gasteiger partial charge is 0.446 e. The van der Waals surface area contributed by atoms with Crippen LogP contribution >= 0.6 is 0 Å². The summed E-state index contributed by atoms with van der Waals surface area (Å²) in [6.07, 6.45) is -0.964. The highest BCUT2D eigenvalue weighted by Crippen LogP contribution is 2.30. The molecule has 0 fully saturated rings. The molecule has 3 aromatic heterocycles. The van der Waals surface area contributed by atoms with E-state index in [2.05, 4.69) is 4.98 Å². The number of rotatable bonds is 9. The maximum absolute atomic E-state index is 13.0. The SMILES string of the molecule is O=C(OCCOCc1cccc(COCOC(=O)n2c3ccccc3c3ccccc32)n1)n1c2ccccc2c2ccccc21. The normalized spacial score (nSPS) is 11.5. The molecular weight excluding hydrogens is 570 g/mol. The zero-order valence-electron chi connectivity index (χ0n) is 24.3. The maximum Gasteiger partial charge on any atom is 0.421 e. The molecule has 7 aromatic rings. The monoisotopic (exact) mass is 599 g/mol. The fourth-order valence-corrected chi connectivity index (χ4v) is 5.66. The summed E-state index contributed by atoms with van der Waals surface area (Å²) in [7, 11) is 0. The van der Waals surface area contributed by atoms with Crippen LogP contribution in [0.1, 0.15) is 11.4 Å². The van der Waals surface area contributed by atoms with Gasteiger partial charge in [0.05, 0.1) is 53.3 Å². The van der Waals surface area contributed by atoms with Gasteiger partial charge in [0.1, 0.15) is 6.61 Å². The Morgan fingerprint density at radius 3 is 1.40 bits per heavy atom. The molecule has 9 nitrogen and oxygen atoms in total. The Hall–Kier alpha value is -5.51. The molecule has 0 unspecified atom stereocenters. The van der Waals surface area contributed by atoms with Crippen LogP contribution in [0.3, 0.4) is 0 Å². The van der Waals surface area contributed by atoms with Gasteiger partial charge in [-0.2, -0.15) is 0 Å². The number of carbonyl (C=O) groups is 2. The molecule has 4 aromatic carbocycles. The zero-order chi connectivity index (χ0) is 30.6. The molecule has 9 heteroatoms. The molecule has 0 atom stereocenters. The molecule has 0 aliphatic heterocycles. The van der Waals surface area contributed by atoms with Crippen molar-refractivity contribution < 1.29 is 28.5 Å². The topological polar surface area (TPSA) is 93.8 Å². The second kappa shape index (κ2) is 12.6. The molecule has 45 heavy (non-hydrogen) atoms. The summed E-state index contributed by atoms with van der Waals surface area (Å²) >= 11 is 0. The van der Waals surface area contributed by atoms with Crippen LogP contribution in [0.2, 0.25) is 0 Å². The quantitative estimate of drug-likeness (QED) is 0.124. The number of para-hydroxylation sites is 4. The first-order valence-corrected chi connectivity index (χ1v) is 14.6. The lowest BCUT2D eigenvalue weighted by molar-refractivity contribution is -0.0238. The number of pyridine rings is 1. The lowest BCUT2D eigenvalue weighted by Gasteiger charge is -2.10. The van der Waals surface area contributed by atoms with Gasteiger partial charge in [0.15, 0.2) is 6.79 Å². The van der Waals surface area contributed by atoms with E-state index in [1.807, 2.05) is 115 Å². The number of hydrogen-bond donors (Lipinski definition) is 0. The van der Waals surface area contributed by atoms with Gasteiger partial charge in [-0.3, -0.25) is 4.98 Å². The van der Waals surface area contributed by atoms with Crippen molar-refractivity contribution in [1.29, 1.82) is 0 Å². The summed E-state index contributed by atoms with van der Waals surface area (Å²) in [5, 5.41) is 3.96. The summed E-state index contributed by atoms with van der Waals surface area (Å²) in [5.74, 6) is 0. The highest BCUT2D eigenvalue weighted by Gasteiger charge is 2.17. The molecule has 0 amide bonds. The summed E-state index contributed by atoms with van der Waals surface area (Å²) in [6.45, 7) is 0.484. The van der Waals surface area contributed by atoms with Crippen LogP contribution in [0.4, 0.5) is 9.59 Å². The highest BCUT2D eigenvalue weighted by molar-refractivity contribution is 6.13. The molecule has 0 N–H and O–H groups in total. The van der Waals surface area contributed by atoms with Gasteiger partial charge in [0.25, 0.3) is 0 Å².